The zero-order valence-corrected chi connectivity index (χ0v) is 12.1. The molecule has 1 aliphatic rings. The number of amides is 1. The number of hydrogen-bond acceptors (Lipinski definition) is 4. The van der Waals surface area contributed by atoms with E-state index in [0.29, 0.717) is 25.2 Å². The number of benzene rings is 1. The van der Waals surface area contributed by atoms with Gasteiger partial charge in [0.25, 0.3) is 0 Å². The molecule has 1 aromatic rings. The van der Waals surface area contributed by atoms with E-state index in [1.165, 1.54) is 0 Å². The number of carbonyl (C=O) groups excluding carboxylic acids is 1. The molecule has 1 aliphatic heterocycles. The molecule has 1 fully saturated rings. The smallest absolute Gasteiger partial charge is 0.229 e. The normalized spacial score (nSPS) is 19.1. The molecule has 0 bridgehead atoms. The van der Waals surface area contributed by atoms with Gasteiger partial charge in [-0.25, -0.2) is 8.42 Å². The van der Waals surface area contributed by atoms with Gasteiger partial charge in [0, 0.05) is 18.8 Å². The Morgan fingerprint density at radius 3 is 2.85 bits per heavy atom. The summed E-state index contributed by atoms with van der Waals surface area (Å²) < 4.78 is 24.7. The predicted octanol–water partition coefficient (Wildman–Crippen LogP) is 0.194. The Labute approximate surface area is 118 Å². The maximum Gasteiger partial charge on any atom is 0.229 e. The van der Waals surface area contributed by atoms with E-state index in [9.17, 15) is 18.3 Å². The number of nitrogens with one attached hydrogen (secondary N) is 1. The van der Waals surface area contributed by atoms with Crippen molar-refractivity contribution in [3.8, 4) is 0 Å². The number of β-amino-alcohol motifs (C(OH)–C–C–N with tert-alkyl or cyclic N) is 1. The van der Waals surface area contributed by atoms with Crippen molar-refractivity contribution in [2.45, 2.75) is 18.9 Å². The van der Waals surface area contributed by atoms with Crippen LogP contribution in [0.1, 0.15) is 12.0 Å². The summed E-state index contributed by atoms with van der Waals surface area (Å²) in [6, 6.07) is 6.76. The van der Waals surface area contributed by atoms with Crippen molar-refractivity contribution in [3.63, 3.8) is 0 Å². The van der Waals surface area contributed by atoms with E-state index in [0.717, 1.165) is 11.8 Å². The zero-order valence-electron chi connectivity index (χ0n) is 11.2. The van der Waals surface area contributed by atoms with Gasteiger partial charge in [-0.15, -0.1) is 0 Å². The highest BCUT2D eigenvalue weighted by Gasteiger charge is 2.24. The summed E-state index contributed by atoms with van der Waals surface area (Å²) in [6.45, 7) is 0.946. The number of anilines is 1. The fraction of sp³-hybridized carbons (Fsp3) is 0.462. The molecular weight excluding hydrogens is 280 g/mol. The maximum absolute atomic E-state index is 12.0. The minimum Gasteiger partial charge on any atom is -0.391 e. The molecule has 0 aliphatic carbocycles. The van der Waals surface area contributed by atoms with Crippen LogP contribution in [0.5, 0.6) is 0 Å². The van der Waals surface area contributed by atoms with Crippen LogP contribution in [-0.4, -0.2) is 49.8 Å². The highest BCUT2D eigenvalue weighted by atomic mass is 32.2. The second-order valence-electron chi connectivity index (χ2n) is 5.03. The van der Waals surface area contributed by atoms with Gasteiger partial charge in [0.1, 0.15) is 0 Å². The number of nitrogens with zero attached hydrogens (tertiary/aromatic N) is 1. The Kier molecular flexibility index (Phi) is 4.29. The third-order valence-electron chi connectivity index (χ3n) is 3.10. The van der Waals surface area contributed by atoms with Crippen molar-refractivity contribution < 1.29 is 18.3 Å². The van der Waals surface area contributed by atoms with E-state index in [2.05, 4.69) is 4.72 Å². The largest absolute Gasteiger partial charge is 0.391 e. The van der Waals surface area contributed by atoms with Crippen LogP contribution in [0.2, 0.25) is 0 Å². The first-order chi connectivity index (χ1) is 9.33. The Morgan fingerprint density at radius 1 is 1.50 bits per heavy atom. The lowest BCUT2D eigenvalue weighted by Gasteiger charge is -2.15. The van der Waals surface area contributed by atoms with Gasteiger partial charge in [-0.3, -0.25) is 9.52 Å². The summed E-state index contributed by atoms with van der Waals surface area (Å²) in [5.74, 6) is -0.0574. The molecule has 1 heterocycles. The van der Waals surface area contributed by atoms with Crippen molar-refractivity contribution in [1.82, 2.24) is 4.90 Å². The Morgan fingerprint density at radius 2 is 2.25 bits per heavy atom. The van der Waals surface area contributed by atoms with Gasteiger partial charge in [0.2, 0.25) is 15.9 Å². The van der Waals surface area contributed by atoms with Crippen LogP contribution in [0.15, 0.2) is 24.3 Å². The summed E-state index contributed by atoms with van der Waals surface area (Å²) >= 11 is 0. The molecular formula is C13H18N2O4S. The van der Waals surface area contributed by atoms with Crippen LogP contribution in [0.4, 0.5) is 5.69 Å². The van der Waals surface area contributed by atoms with Crippen LogP contribution in [0.3, 0.4) is 0 Å². The minimum atomic E-state index is -3.32. The first-order valence-electron chi connectivity index (χ1n) is 6.36. The molecule has 2 rings (SSSR count). The molecule has 20 heavy (non-hydrogen) atoms. The van der Waals surface area contributed by atoms with E-state index in [1.54, 1.807) is 29.2 Å². The van der Waals surface area contributed by atoms with Crippen molar-refractivity contribution in [2.24, 2.45) is 0 Å². The second-order valence-corrected chi connectivity index (χ2v) is 6.78. The number of carbonyl (C=O) groups is 1. The van der Waals surface area contributed by atoms with Crippen molar-refractivity contribution in [3.05, 3.63) is 29.8 Å². The van der Waals surface area contributed by atoms with Gasteiger partial charge < -0.3 is 10.0 Å². The average Bonchev–Trinajstić information content (AvgIpc) is 2.74. The fourth-order valence-electron chi connectivity index (χ4n) is 2.21. The van der Waals surface area contributed by atoms with Gasteiger partial charge in [0.15, 0.2) is 0 Å². The quantitative estimate of drug-likeness (QED) is 0.831. The molecule has 2 N–H and O–H groups in total. The number of rotatable bonds is 4. The fourth-order valence-corrected chi connectivity index (χ4v) is 2.77. The average molecular weight is 298 g/mol. The molecule has 6 nitrogen and oxygen atoms in total. The maximum atomic E-state index is 12.0. The van der Waals surface area contributed by atoms with Crippen molar-refractivity contribution >= 4 is 21.6 Å². The summed E-state index contributed by atoms with van der Waals surface area (Å²) in [4.78, 5) is 13.7. The summed E-state index contributed by atoms with van der Waals surface area (Å²) in [5, 5.41) is 9.42. The molecule has 110 valence electrons. The SMILES string of the molecule is CS(=O)(=O)Nc1cccc(CC(=O)N2CC[C@@H](O)C2)c1. The highest BCUT2D eigenvalue weighted by Crippen LogP contribution is 2.15. The Bertz CT molecular complexity index is 600. The lowest BCUT2D eigenvalue weighted by Crippen LogP contribution is -2.30. The Hall–Kier alpha value is -1.60. The number of aliphatic hydroxyl groups is 1. The first kappa shape index (κ1) is 14.8. The molecule has 1 amide bonds. The standard InChI is InChI=1S/C13H18N2O4S/c1-20(18,19)14-11-4-2-3-10(7-11)8-13(17)15-6-5-12(16)9-15/h2-4,7,12,14,16H,5-6,8-9H2,1H3/t12-/m1/s1. The molecule has 0 spiro atoms. The van der Waals surface area contributed by atoms with E-state index in [1.807, 2.05) is 0 Å². The summed E-state index contributed by atoms with van der Waals surface area (Å²) in [7, 11) is -3.32. The van der Waals surface area contributed by atoms with E-state index in [4.69, 9.17) is 0 Å². The molecule has 1 aromatic carbocycles. The summed E-state index contributed by atoms with van der Waals surface area (Å²) in [6.07, 6.45) is 1.46. The van der Waals surface area contributed by atoms with Crippen LogP contribution in [0, 0.1) is 0 Å². The van der Waals surface area contributed by atoms with E-state index >= 15 is 0 Å². The number of sulfonamides is 1. The van der Waals surface area contributed by atoms with Crippen molar-refractivity contribution in [2.75, 3.05) is 24.1 Å². The van der Waals surface area contributed by atoms with Gasteiger partial charge in [-0.1, -0.05) is 12.1 Å². The molecule has 0 unspecified atom stereocenters. The molecule has 0 aromatic heterocycles. The van der Waals surface area contributed by atoms with Gasteiger partial charge in [-0.05, 0) is 24.1 Å². The Balaban J connectivity index is 2.02. The van der Waals surface area contributed by atoms with Crippen LogP contribution < -0.4 is 4.72 Å². The number of hydrogen-bond donors (Lipinski definition) is 2. The molecule has 0 radical (unpaired) electrons. The van der Waals surface area contributed by atoms with Crippen molar-refractivity contribution in [1.29, 1.82) is 0 Å². The third kappa shape index (κ3) is 4.21. The minimum absolute atomic E-state index is 0.0574. The van der Waals surface area contributed by atoms with E-state index < -0.39 is 16.1 Å². The van der Waals surface area contributed by atoms with Gasteiger partial charge in [-0.2, -0.15) is 0 Å². The number of likely N-dealkylation sites (tertiary alicyclic amines) is 1. The van der Waals surface area contributed by atoms with Crippen LogP contribution in [0.25, 0.3) is 0 Å². The second kappa shape index (κ2) is 5.80. The zero-order chi connectivity index (χ0) is 14.8. The monoisotopic (exact) mass is 298 g/mol. The topological polar surface area (TPSA) is 86.7 Å². The molecule has 1 saturated heterocycles. The van der Waals surface area contributed by atoms with E-state index in [-0.39, 0.29) is 12.3 Å². The lowest BCUT2D eigenvalue weighted by atomic mass is 10.1. The molecule has 7 heteroatoms. The molecule has 1 atom stereocenters. The molecule has 0 saturated carbocycles. The van der Waals surface area contributed by atoms with Gasteiger partial charge >= 0.3 is 0 Å². The highest BCUT2D eigenvalue weighted by molar-refractivity contribution is 7.92. The third-order valence-corrected chi connectivity index (χ3v) is 3.71. The van der Waals surface area contributed by atoms with Crippen LogP contribution in [-0.2, 0) is 21.2 Å². The lowest BCUT2D eigenvalue weighted by molar-refractivity contribution is -0.129. The number of aliphatic hydroxyl groups excluding tert-OH is 1. The first-order valence-corrected chi connectivity index (χ1v) is 8.25. The summed E-state index contributed by atoms with van der Waals surface area (Å²) in [5.41, 5.74) is 1.18. The van der Waals surface area contributed by atoms with Crippen LogP contribution >= 0.6 is 0 Å². The predicted molar refractivity (Wildman–Crippen MR) is 75.8 cm³/mol. The van der Waals surface area contributed by atoms with Gasteiger partial charge in [0.05, 0.1) is 18.8 Å².